The van der Waals surface area contributed by atoms with E-state index in [0.29, 0.717) is 5.82 Å². The largest absolute Gasteiger partial charge is 0.228 e. The summed E-state index contributed by atoms with van der Waals surface area (Å²) in [5, 5.41) is 5.15. The van der Waals surface area contributed by atoms with E-state index in [4.69, 9.17) is 9.97 Å². The van der Waals surface area contributed by atoms with Crippen molar-refractivity contribution in [3.8, 4) is 67.3 Å². The SMILES string of the molecule is CC1(C)c2cc3ccccc3cc2-c2c(-c3cc(-c4ccccc4-c4ccc(-c5cccc6c5sc5ccccc56)cc4)nc(-c4ccccc4)n3)cccc21. The van der Waals surface area contributed by atoms with E-state index in [1.165, 1.54) is 64.3 Å². The summed E-state index contributed by atoms with van der Waals surface area (Å²) in [6, 6.07) is 65.8. The standard InChI is InChI=1S/C53H36N2S/c1-53(2)45-24-13-23-43(50(45)44-30-36-16-6-7-17-37(36)31-46(44)53)48-32-47(54-52(55-48)35-14-4-3-5-15-35)40-19-9-8-18-38(40)33-26-28-34(29-27-33)39-21-12-22-42-41-20-10-11-25-49(41)56-51(39)42/h3-32H,1-2H3. The van der Waals surface area contributed by atoms with E-state index >= 15 is 0 Å². The molecule has 1 aliphatic carbocycles. The molecule has 2 nitrogen and oxygen atoms in total. The summed E-state index contributed by atoms with van der Waals surface area (Å²) < 4.78 is 2.65. The van der Waals surface area contributed by atoms with Crippen LogP contribution in [0.25, 0.3) is 98.2 Å². The molecule has 56 heavy (non-hydrogen) atoms. The Bertz CT molecular complexity index is 3150. The second kappa shape index (κ2) is 12.7. The van der Waals surface area contributed by atoms with Crippen LogP contribution < -0.4 is 0 Å². The van der Waals surface area contributed by atoms with Gasteiger partial charge >= 0.3 is 0 Å². The number of rotatable bonds is 5. The van der Waals surface area contributed by atoms with Crippen LogP contribution >= 0.6 is 11.3 Å². The van der Waals surface area contributed by atoms with Crippen LogP contribution in [0.5, 0.6) is 0 Å². The van der Waals surface area contributed by atoms with E-state index in [0.717, 1.165) is 39.2 Å². The summed E-state index contributed by atoms with van der Waals surface area (Å²) in [6.07, 6.45) is 0. The Balaban J connectivity index is 1.06. The monoisotopic (exact) mass is 732 g/mol. The van der Waals surface area contributed by atoms with Gasteiger partial charge in [0, 0.05) is 42.3 Å². The second-order valence-corrected chi connectivity index (χ2v) is 16.4. The average Bonchev–Trinajstić information content (AvgIpc) is 3.75. The number of nitrogens with zero attached hydrogens (tertiary/aromatic N) is 2. The molecule has 0 saturated carbocycles. The Morgan fingerprint density at radius 1 is 0.411 bits per heavy atom. The lowest BCUT2D eigenvalue weighted by Gasteiger charge is -2.22. The molecule has 2 heterocycles. The Hall–Kier alpha value is -6.68. The molecule has 8 aromatic carbocycles. The fraction of sp³-hybridized carbons (Fsp3) is 0.0566. The van der Waals surface area contributed by atoms with Crippen molar-refractivity contribution >= 4 is 42.3 Å². The van der Waals surface area contributed by atoms with Gasteiger partial charge in [-0.25, -0.2) is 9.97 Å². The molecule has 2 aromatic heterocycles. The van der Waals surface area contributed by atoms with E-state index in [-0.39, 0.29) is 5.41 Å². The molecule has 0 atom stereocenters. The van der Waals surface area contributed by atoms with Crippen molar-refractivity contribution < 1.29 is 0 Å². The minimum absolute atomic E-state index is 0.149. The summed E-state index contributed by atoms with van der Waals surface area (Å²) in [5.41, 5.74) is 14.9. The summed E-state index contributed by atoms with van der Waals surface area (Å²) in [7, 11) is 0. The van der Waals surface area contributed by atoms with Gasteiger partial charge in [0.15, 0.2) is 5.82 Å². The third-order valence-corrected chi connectivity index (χ3v) is 12.9. The Morgan fingerprint density at radius 3 is 1.80 bits per heavy atom. The normalized spacial score (nSPS) is 13.0. The van der Waals surface area contributed by atoms with Crippen molar-refractivity contribution in [2.75, 3.05) is 0 Å². The van der Waals surface area contributed by atoms with Crippen LogP contribution in [0.1, 0.15) is 25.0 Å². The number of benzene rings is 8. The maximum atomic E-state index is 5.34. The van der Waals surface area contributed by atoms with Crippen molar-refractivity contribution in [1.29, 1.82) is 0 Å². The molecule has 0 N–H and O–H groups in total. The Kier molecular flexibility index (Phi) is 7.42. The van der Waals surface area contributed by atoms with Gasteiger partial charge in [-0.2, -0.15) is 0 Å². The predicted molar refractivity (Wildman–Crippen MR) is 237 cm³/mol. The topological polar surface area (TPSA) is 25.8 Å². The zero-order chi connectivity index (χ0) is 37.4. The van der Waals surface area contributed by atoms with Crippen LogP contribution in [-0.4, -0.2) is 9.97 Å². The van der Waals surface area contributed by atoms with Gasteiger partial charge in [-0.1, -0.05) is 172 Å². The van der Waals surface area contributed by atoms with Crippen LogP contribution in [0.15, 0.2) is 182 Å². The number of hydrogen-bond donors (Lipinski definition) is 0. The predicted octanol–water partition coefficient (Wildman–Crippen LogP) is 14.6. The second-order valence-electron chi connectivity index (χ2n) is 15.3. The van der Waals surface area contributed by atoms with Gasteiger partial charge in [-0.15, -0.1) is 11.3 Å². The van der Waals surface area contributed by atoms with Crippen LogP contribution in [-0.2, 0) is 5.41 Å². The first-order valence-corrected chi connectivity index (χ1v) is 20.1. The molecule has 0 unspecified atom stereocenters. The summed E-state index contributed by atoms with van der Waals surface area (Å²) in [5.74, 6) is 0.716. The highest BCUT2D eigenvalue weighted by Crippen LogP contribution is 2.53. The zero-order valence-corrected chi connectivity index (χ0v) is 31.9. The first-order valence-electron chi connectivity index (χ1n) is 19.2. The third-order valence-electron chi connectivity index (χ3n) is 11.7. The maximum Gasteiger partial charge on any atom is 0.160 e. The smallest absolute Gasteiger partial charge is 0.160 e. The molecule has 264 valence electrons. The molecule has 0 bridgehead atoms. The first kappa shape index (κ1) is 32.7. The van der Waals surface area contributed by atoms with E-state index in [1.807, 2.05) is 17.4 Å². The highest BCUT2D eigenvalue weighted by atomic mass is 32.1. The third kappa shape index (κ3) is 5.16. The molecule has 0 saturated heterocycles. The van der Waals surface area contributed by atoms with Gasteiger partial charge in [0.05, 0.1) is 11.4 Å². The van der Waals surface area contributed by atoms with E-state index < -0.39 is 0 Å². The molecular weight excluding hydrogens is 697 g/mol. The fourth-order valence-electron chi connectivity index (χ4n) is 8.89. The lowest BCUT2D eigenvalue weighted by atomic mass is 9.81. The Morgan fingerprint density at radius 2 is 1.00 bits per heavy atom. The molecule has 0 aliphatic heterocycles. The average molecular weight is 733 g/mol. The molecule has 0 fully saturated rings. The van der Waals surface area contributed by atoms with Gasteiger partial charge in [0.1, 0.15) is 0 Å². The fourth-order valence-corrected chi connectivity index (χ4v) is 10.1. The van der Waals surface area contributed by atoms with Crippen molar-refractivity contribution in [2.45, 2.75) is 19.3 Å². The maximum absolute atomic E-state index is 5.34. The summed E-state index contributed by atoms with van der Waals surface area (Å²) >= 11 is 1.87. The van der Waals surface area contributed by atoms with Crippen LogP contribution in [0.2, 0.25) is 0 Å². The van der Waals surface area contributed by atoms with Crippen molar-refractivity contribution in [1.82, 2.24) is 9.97 Å². The van der Waals surface area contributed by atoms with E-state index in [2.05, 4.69) is 190 Å². The molecule has 0 radical (unpaired) electrons. The molecular formula is C53H36N2S. The van der Waals surface area contributed by atoms with Gasteiger partial charge in [0.25, 0.3) is 0 Å². The number of fused-ring (bicyclic) bond motifs is 7. The van der Waals surface area contributed by atoms with E-state index in [1.54, 1.807) is 0 Å². The van der Waals surface area contributed by atoms with Crippen LogP contribution in [0.4, 0.5) is 0 Å². The summed E-state index contributed by atoms with van der Waals surface area (Å²) in [6.45, 7) is 4.70. The lowest BCUT2D eigenvalue weighted by molar-refractivity contribution is 0.661. The van der Waals surface area contributed by atoms with Crippen molar-refractivity contribution in [2.24, 2.45) is 0 Å². The quantitative estimate of drug-likeness (QED) is 0.176. The highest BCUT2D eigenvalue weighted by Gasteiger charge is 2.37. The minimum Gasteiger partial charge on any atom is -0.228 e. The molecule has 0 spiro atoms. The zero-order valence-electron chi connectivity index (χ0n) is 31.1. The number of aromatic nitrogens is 2. The van der Waals surface area contributed by atoms with Gasteiger partial charge in [-0.05, 0) is 79.5 Å². The van der Waals surface area contributed by atoms with Crippen molar-refractivity contribution in [3.05, 3.63) is 193 Å². The molecule has 0 amide bonds. The molecule has 11 rings (SSSR count). The lowest BCUT2D eigenvalue weighted by Crippen LogP contribution is -2.14. The molecule has 3 heteroatoms. The summed E-state index contributed by atoms with van der Waals surface area (Å²) in [4.78, 5) is 10.6. The minimum atomic E-state index is -0.149. The number of hydrogen-bond acceptors (Lipinski definition) is 3. The van der Waals surface area contributed by atoms with Crippen molar-refractivity contribution in [3.63, 3.8) is 0 Å². The van der Waals surface area contributed by atoms with Crippen LogP contribution in [0, 0.1) is 0 Å². The van der Waals surface area contributed by atoms with Gasteiger partial charge < -0.3 is 0 Å². The molecule has 1 aliphatic rings. The first-order chi connectivity index (χ1) is 27.5. The van der Waals surface area contributed by atoms with Gasteiger partial charge in [-0.3, -0.25) is 0 Å². The van der Waals surface area contributed by atoms with E-state index in [9.17, 15) is 0 Å². The molecule has 10 aromatic rings. The Labute approximate surface area is 330 Å². The van der Waals surface area contributed by atoms with Crippen LogP contribution in [0.3, 0.4) is 0 Å². The van der Waals surface area contributed by atoms with Gasteiger partial charge in [0.2, 0.25) is 0 Å². The highest BCUT2D eigenvalue weighted by molar-refractivity contribution is 7.26. The number of thiophene rings is 1.